The average Bonchev–Trinajstić information content (AvgIpc) is 3.09. The van der Waals surface area contributed by atoms with Crippen molar-refractivity contribution in [2.75, 3.05) is 20.1 Å². The number of carbonyl (C=O) groups excluding carboxylic acids is 1. The maximum atomic E-state index is 12.5. The Hall–Kier alpha value is -2.07. The predicted octanol–water partition coefficient (Wildman–Crippen LogP) is 3.09. The molecule has 1 amide bonds. The molecule has 0 aliphatic carbocycles. The van der Waals surface area contributed by atoms with Gasteiger partial charge < -0.3 is 14.6 Å². The standard InChI is InChI=1S/C19H24N2O2/c1-21(13-17-8-10-23-14-17)19(22)18-6-4-15(5-7-18)11-16-3-2-9-20-12-16/h4-8,10,14,16,20H,2-3,9,11-13H2,1H3/t16-/m0/s1. The van der Waals surface area contributed by atoms with E-state index < -0.39 is 0 Å². The fraction of sp³-hybridized carbons (Fsp3) is 0.421. The van der Waals surface area contributed by atoms with E-state index >= 15 is 0 Å². The first-order valence-electron chi connectivity index (χ1n) is 8.28. The van der Waals surface area contributed by atoms with Crippen molar-refractivity contribution in [3.8, 4) is 0 Å². The van der Waals surface area contributed by atoms with Gasteiger partial charge in [-0.25, -0.2) is 0 Å². The molecule has 4 nitrogen and oxygen atoms in total. The summed E-state index contributed by atoms with van der Waals surface area (Å²) < 4.78 is 5.05. The van der Waals surface area contributed by atoms with Gasteiger partial charge >= 0.3 is 0 Å². The highest BCUT2D eigenvalue weighted by Crippen LogP contribution is 2.17. The van der Waals surface area contributed by atoms with Crippen molar-refractivity contribution in [2.45, 2.75) is 25.8 Å². The van der Waals surface area contributed by atoms with Crippen LogP contribution in [0.4, 0.5) is 0 Å². The van der Waals surface area contributed by atoms with Crippen LogP contribution in [0.2, 0.25) is 0 Å². The second-order valence-electron chi connectivity index (χ2n) is 6.41. The van der Waals surface area contributed by atoms with Gasteiger partial charge in [0.05, 0.1) is 12.5 Å². The van der Waals surface area contributed by atoms with Crippen LogP contribution in [-0.4, -0.2) is 30.9 Å². The minimum atomic E-state index is 0.0390. The first-order chi connectivity index (χ1) is 11.2. The Balaban J connectivity index is 1.58. The maximum absolute atomic E-state index is 12.5. The smallest absolute Gasteiger partial charge is 0.253 e. The van der Waals surface area contributed by atoms with Crippen LogP contribution in [-0.2, 0) is 13.0 Å². The highest BCUT2D eigenvalue weighted by Gasteiger charge is 2.15. The van der Waals surface area contributed by atoms with E-state index in [0.29, 0.717) is 12.5 Å². The lowest BCUT2D eigenvalue weighted by atomic mass is 9.92. The molecule has 0 radical (unpaired) electrons. The summed E-state index contributed by atoms with van der Waals surface area (Å²) in [6.07, 6.45) is 6.95. The largest absolute Gasteiger partial charge is 0.472 e. The molecule has 1 atom stereocenters. The van der Waals surface area contributed by atoms with Crippen molar-refractivity contribution in [3.63, 3.8) is 0 Å². The van der Waals surface area contributed by atoms with Crippen LogP contribution in [0.25, 0.3) is 0 Å². The number of carbonyl (C=O) groups is 1. The maximum Gasteiger partial charge on any atom is 0.253 e. The molecule has 1 fully saturated rings. The number of nitrogens with zero attached hydrogens (tertiary/aromatic N) is 1. The van der Waals surface area contributed by atoms with Crippen LogP contribution in [0.15, 0.2) is 47.3 Å². The predicted molar refractivity (Wildman–Crippen MR) is 90.2 cm³/mol. The van der Waals surface area contributed by atoms with Gasteiger partial charge in [0.2, 0.25) is 0 Å². The van der Waals surface area contributed by atoms with E-state index in [4.69, 9.17) is 4.42 Å². The van der Waals surface area contributed by atoms with Crippen molar-refractivity contribution in [3.05, 3.63) is 59.5 Å². The zero-order chi connectivity index (χ0) is 16.1. The summed E-state index contributed by atoms with van der Waals surface area (Å²) in [7, 11) is 1.82. The number of rotatable bonds is 5. The molecule has 122 valence electrons. The van der Waals surface area contributed by atoms with Gasteiger partial charge in [0.1, 0.15) is 0 Å². The zero-order valence-corrected chi connectivity index (χ0v) is 13.6. The lowest BCUT2D eigenvalue weighted by molar-refractivity contribution is 0.0785. The molecule has 1 aliphatic rings. The van der Waals surface area contributed by atoms with Crippen LogP contribution in [0, 0.1) is 5.92 Å². The number of hydrogen-bond acceptors (Lipinski definition) is 3. The number of amides is 1. The van der Waals surface area contributed by atoms with E-state index in [0.717, 1.165) is 30.6 Å². The molecular formula is C19H24N2O2. The molecule has 1 aromatic carbocycles. The molecule has 3 rings (SSSR count). The number of nitrogens with one attached hydrogen (secondary N) is 1. The first-order valence-corrected chi connectivity index (χ1v) is 8.28. The minimum absolute atomic E-state index is 0.0390. The van der Waals surface area contributed by atoms with Crippen molar-refractivity contribution >= 4 is 5.91 Å². The summed E-state index contributed by atoms with van der Waals surface area (Å²) >= 11 is 0. The van der Waals surface area contributed by atoms with Crippen molar-refractivity contribution in [1.29, 1.82) is 0 Å². The molecule has 0 saturated carbocycles. The number of furan rings is 1. The van der Waals surface area contributed by atoms with Gasteiger partial charge in [0, 0.05) is 24.7 Å². The average molecular weight is 312 g/mol. The molecule has 0 bridgehead atoms. The van der Waals surface area contributed by atoms with Gasteiger partial charge in [0.15, 0.2) is 0 Å². The number of hydrogen-bond donors (Lipinski definition) is 1. The molecule has 2 heterocycles. The van der Waals surface area contributed by atoms with Crippen molar-refractivity contribution in [1.82, 2.24) is 10.2 Å². The van der Waals surface area contributed by atoms with Crippen LogP contribution >= 0.6 is 0 Å². The van der Waals surface area contributed by atoms with Gasteiger partial charge in [0.25, 0.3) is 5.91 Å². The van der Waals surface area contributed by atoms with E-state index in [2.05, 4.69) is 17.4 Å². The number of piperidine rings is 1. The second-order valence-corrected chi connectivity index (χ2v) is 6.41. The van der Waals surface area contributed by atoms with Crippen molar-refractivity contribution < 1.29 is 9.21 Å². The molecule has 1 aliphatic heterocycles. The molecular weight excluding hydrogens is 288 g/mol. The summed E-state index contributed by atoms with van der Waals surface area (Å²) in [6.45, 7) is 2.81. The van der Waals surface area contributed by atoms with Crippen LogP contribution in [0.1, 0.15) is 34.3 Å². The van der Waals surface area contributed by atoms with Crippen LogP contribution in [0.5, 0.6) is 0 Å². The second kappa shape index (κ2) is 7.47. The zero-order valence-electron chi connectivity index (χ0n) is 13.6. The Bertz CT molecular complexity index is 613. The fourth-order valence-electron chi connectivity index (χ4n) is 3.16. The van der Waals surface area contributed by atoms with Gasteiger partial charge in [-0.3, -0.25) is 4.79 Å². The molecule has 0 spiro atoms. The monoisotopic (exact) mass is 312 g/mol. The molecule has 1 aromatic heterocycles. The molecule has 0 unspecified atom stereocenters. The lowest BCUT2D eigenvalue weighted by Crippen LogP contribution is -2.30. The van der Waals surface area contributed by atoms with Crippen molar-refractivity contribution in [2.24, 2.45) is 5.92 Å². The first kappa shape index (κ1) is 15.8. The lowest BCUT2D eigenvalue weighted by Gasteiger charge is -2.22. The van der Waals surface area contributed by atoms with E-state index in [-0.39, 0.29) is 5.91 Å². The molecule has 2 aromatic rings. The minimum Gasteiger partial charge on any atom is -0.472 e. The Morgan fingerprint density at radius 3 is 2.74 bits per heavy atom. The topological polar surface area (TPSA) is 45.5 Å². The SMILES string of the molecule is CN(Cc1ccoc1)C(=O)c1ccc(C[C@@H]2CCCNC2)cc1. The third kappa shape index (κ3) is 4.23. The quantitative estimate of drug-likeness (QED) is 0.923. The summed E-state index contributed by atoms with van der Waals surface area (Å²) in [4.78, 5) is 14.2. The Morgan fingerprint density at radius 2 is 2.09 bits per heavy atom. The third-order valence-corrected chi connectivity index (χ3v) is 4.47. The van der Waals surface area contributed by atoms with E-state index in [9.17, 15) is 4.79 Å². The number of benzene rings is 1. The molecule has 23 heavy (non-hydrogen) atoms. The third-order valence-electron chi connectivity index (χ3n) is 4.47. The summed E-state index contributed by atoms with van der Waals surface area (Å²) in [5.74, 6) is 0.756. The van der Waals surface area contributed by atoms with E-state index in [1.54, 1.807) is 17.4 Å². The summed E-state index contributed by atoms with van der Waals surface area (Å²) in [5, 5.41) is 3.45. The highest BCUT2D eigenvalue weighted by molar-refractivity contribution is 5.94. The molecule has 4 heteroatoms. The fourth-order valence-corrected chi connectivity index (χ4v) is 3.16. The van der Waals surface area contributed by atoms with Gasteiger partial charge in [-0.15, -0.1) is 0 Å². The molecule has 1 N–H and O–H groups in total. The molecule has 1 saturated heterocycles. The normalized spacial score (nSPS) is 17.9. The summed E-state index contributed by atoms with van der Waals surface area (Å²) in [6, 6.07) is 9.95. The Morgan fingerprint density at radius 1 is 1.26 bits per heavy atom. The van der Waals surface area contributed by atoms with Crippen LogP contribution in [0.3, 0.4) is 0 Å². The van der Waals surface area contributed by atoms with E-state index in [1.165, 1.54) is 18.4 Å². The summed E-state index contributed by atoms with van der Waals surface area (Å²) in [5.41, 5.74) is 3.05. The Kier molecular flexibility index (Phi) is 5.13. The highest BCUT2D eigenvalue weighted by atomic mass is 16.3. The van der Waals surface area contributed by atoms with Gasteiger partial charge in [-0.05, 0) is 62.0 Å². The van der Waals surface area contributed by atoms with Crippen LogP contribution < -0.4 is 5.32 Å². The Labute approximate surface area is 137 Å². The van der Waals surface area contributed by atoms with Gasteiger partial charge in [-0.2, -0.15) is 0 Å². The van der Waals surface area contributed by atoms with Gasteiger partial charge in [-0.1, -0.05) is 12.1 Å². The van der Waals surface area contributed by atoms with E-state index in [1.807, 2.05) is 25.2 Å².